The second kappa shape index (κ2) is 5.19. The maximum atomic E-state index is 9.80. The molecule has 4 nitrogen and oxygen atoms in total. The van der Waals surface area contributed by atoms with E-state index in [2.05, 4.69) is 28.9 Å². The fraction of sp³-hybridized carbons (Fsp3) is 0.769. The molecule has 1 fully saturated rings. The summed E-state index contributed by atoms with van der Waals surface area (Å²) in [6.45, 7) is 6.66. The highest BCUT2D eigenvalue weighted by atomic mass is 16.3. The van der Waals surface area contributed by atoms with Gasteiger partial charge in [0, 0.05) is 24.0 Å². The van der Waals surface area contributed by atoms with Gasteiger partial charge in [-0.15, -0.1) is 0 Å². The molecular weight excluding hydrogens is 214 g/mol. The molecule has 1 saturated heterocycles. The van der Waals surface area contributed by atoms with Gasteiger partial charge in [0.1, 0.15) is 0 Å². The maximum absolute atomic E-state index is 9.80. The summed E-state index contributed by atoms with van der Waals surface area (Å²) in [7, 11) is 0. The van der Waals surface area contributed by atoms with Gasteiger partial charge in [-0.3, -0.25) is 10.00 Å². The Morgan fingerprint density at radius 1 is 1.59 bits per heavy atom. The van der Waals surface area contributed by atoms with E-state index in [9.17, 15) is 5.11 Å². The summed E-state index contributed by atoms with van der Waals surface area (Å²) in [5.74, 6) is 0.615. The Hall–Kier alpha value is -0.870. The van der Waals surface area contributed by atoms with E-state index in [1.165, 1.54) is 6.42 Å². The molecule has 0 aromatic carbocycles. The van der Waals surface area contributed by atoms with Crippen LogP contribution in [-0.4, -0.2) is 38.9 Å². The molecule has 2 N–H and O–H groups in total. The van der Waals surface area contributed by atoms with Gasteiger partial charge in [0.2, 0.25) is 0 Å². The number of aromatic amines is 1. The van der Waals surface area contributed by atoms with Gasteiger partial charge in [0.25, 0.3) is 0 Å². The van der Waals surface area contributed by atoms with E-state index in [-0.39, 0.29) is 12.1 Å². The number of H-pyrrole nitrogens is 1. The molecule has 1 aromatic heterocycles. The maximum Gasteiger partial charge on any atom is 0.0615 e. The Labute approximate surface area is 103 Å². The number of likely N-dealkylation sites (tertiary alicyclic amines) is 1. The van der Waals surface area contributed by atoms with Gasteiger partial charge >= 0.3 is 0 Å². The van der Waals surface area contributed by atoms with Crippen LogP contribution in [0.2, 0.25) is 0 Å². The van der Waals surface area contributed by atoms with Gasteiger partial charge in [0.15, 0.2) is 0 Å². The van der Waals surface area contributed by atoms with Crippen molar-refractivity contribution in [2.24, 2.45) is 5.92 Å². The largest absolute Gasteiger partial charge is 0.394 e. The normalized spacial score (nSPS) is 25.9. The lowest BCUT2D eigenvalue weighted by molar-refractivity contribution is 0.0401. The minimum Gasteiger partial charge on any atom is -0.394 e. The first-order chi connectivity index (χ1) is 8.16. The Morgan fingerprint density at radius 3 is 3.00 bits per heavy atom. The first-order valence-corrected chi connectivity index (χ1v) is 6.50. The average Bonchev–Trinajstić information content (AvgIpc) is 2.90. The Bertz CT molecular complexity index is 336. The van der Waals surface area contributed by atoms with Crippen LogP contribution in [0.1, 0.15) is 38.8 Å². The van der Waals surface area contributed by atoms with E-state index < -0.39 is 0 Å². The minimum absolute atomic E-state index is 0.0146. The fourth-order valence-electron chi connectivity index (χ4n) is 3.05. The zero-order valence-electron chi connectivity index (χ0n) is 10.8. The first-order valence-electron chi connectivity index (χ1n) is 6.50. The summed E-state index contributed by atoms with van der Waals surface area (Å²) in [6, 6.07) is 2.01. The van der Waals surface area contributed by atoms with Crippen molar-refractivity contribution in [1.29, 1.82) is 0 Å². The second-order valence-electron chi connectivity index (χ2n) is 5.59. The monoisotopic (exact) mass is 237 g/mol. The van der Waals surface area contributed by atoms with Crippen LogP contribution in [0.15, 0.2) is 12.3 Å². The summed E-state index contributed by atoms with van der Waals surface area (Å²) in [5.41, 5.74) is 1.12. The summed E-state index contributed by atoms with van der Waals surface area (Å²) in [6.07, 6.45) is 5.14. The van der Waals surface area contributed by atoms with Crippen molar-refractivity contribution in [3.63, 3.8) is 0 Å². The number of rotatable bonds is 5. The summed E-state index contributed by atoms with van der Waals surface area (Å²) >= 11 is 0. The van der Waals surface area contributed by atoms with Crippen LogP contribution in [-0.2, 0) is 6.54 Å². The molecule has 0 unspecified atom stereocenters. The third kappa shape index (κ3) is 2.69. The quantitative estimate of drug-likeness (QED) is 0.821. The van der Waals surface area contributed by atoms with E-state index in [0.717, 1.165) is 31.6 Å². The Balaban J connectivity index is 2.08. The van der Waals surface area contributed by atoms with E-state index in [1.807, 2.05) is 6.07 Å². The average molecular weight is 237 g/mol. The molecule has 1 aliphatic rings. The summed E-state index contributed by atoms with van der Waals surface area (Å²) in [5, 5.41) is 16.8. The molecule has 0 radical (unpaired) electrons. The zero-order chi connectivity index (χ0) is 12.3. The van der Waals surface area contributed by atoms with Crippen LogP contribution in [0, 0.1) is 5.92 Å². The lowest BCUT2D eigenvalue weighted by Gasteiger charge is -2.38. The van der Waals surface area contributed by atoms with Crippen LogP contribution in [0.3, 0.4) is 0 Å². The standard InChI is InChI=1S/C13H23N3O/c1-11(2)8-13(10-17)5-3-7-16(13)9-12-4-6-14-15-12/h4,6,11,17H,3,5,7-10H2,1-2H3,(H,14,15)/t13-/m0/s1. The minimum atomic E-state index is -0.0146. The van der Waals surface area contributed by atoms with Crippen molar-refractivity contribution >= 4 is 0 Å². The molecule has 0 aliphatic carbocycles. The smallest absolute Gasteiger partial charge is 0.0615 e. The van der Waals surface area contributed by atoms with Gasteiger partial charge in [-0.1, -0.05) is 13.8 Å². The third-order valence-corrected chi connectivity index (χ3v) is 3.74. The van der Waals surface area contributed by atoms with Crippen molar-refractivity contribution in [3.05, 3.63) is 18.0 Å². The topological polar surface area (TPSA) is 52.1 Å². The fourth-order valence-corrected chi connectivity index (χ4v) is 3.05. The van der Waals surface area contributed by atoms with Crippen LogP contribution in [0.4, 0.5) is 0 Å². The number of aliphatic hydroxyl groups excluding tert-OH is 1. The van der Waals surface area contributed by atoms with Crippen molar-refractivity contribution < 1.29 is 5.11 Å². The number of nitrogens with one attached hydrogen (secondary N) is 1. The highest BCUT2D eigenvalue weighted by molar-refractivity contribution is 5.03. The summed E-state index contributed by atoms with van der Waals surface area (Å²) in [4.78, 5) is 2.42. The van der Waals surface area contributed by atoms with Crippen molar-refractivity contribution in [3.8, 4) is 0 Å². The molecule has 0 spiro atoms. The molecule has 2 heterocycles. The van der Waals surface area contributed by atoms with E-state index >= 15 is 0 Å². The number of nitrogens with zero attached hydrogens (tertiary/aromatic N) is 2. The molecule has 1 atom stereocenters. The molecule has 0 bridgehead atoms. The first kappa shape index (κ1) is 12.6. The number of aromatic nitrogens is 2. The lowest BCUT2D eigenvalue weighted by atomic mass is 9.87. The molecule has 2 rings (SSSR count). The van der Waals surface area contributed by atoms with Gasteiger partial charge in [-0.25, -0.2) is 0 Å². The van der Waals surface area contributed by atoms with Gasteiger partial charge in [-0.05, 0) is 37.8 Å². The van der Waals surface area contributed by atoms with Crippen molar-refractivity contribution in [2.45, 2.75) is 45.2 Å². The lowest BCUT2D eigenvalue weighted by Crippen LogP contribution is -2.47. The molecule has 1 aromatic rings. The molecule has 0 saturated carbocycles. The van der Waals surface area contributed by atoms with Crippen LogP contribution >= 0.6 is 0 Å². The van der Waals surface area contributed by atoms with E-state index in [1.54, 1.807) is 6.20 Å². The Kier molecular flexibility index (Phi) is 3.84. The molecule has 1 aliphatic heterocycles. The van der Waals surface area contributed by atoms with Crippen LogP contribution < -0.4 is 0 Å². The van der Waals surface area contributed by atoms with E-state index in [4.69, 9.17) is 0 Å². The highest BCUT2D eigenvalue weighted by Gasteiger charge is 2.40. The zero-order valence-corrected chi connectivity index (χ0v) is 10.8. The van der Waals surface area contributed by atoms with Gasteiger partial charge in [-0.2, -0.15) is 5.10 Å². The number of hydrogen-bond donors (Lipinski definition) is 2. The van der Waals surface area contributed by atoms with Crippen molar-refractivity contribution in [2.75, 3.05) is 13.2 Å². The Morgan fingerprint density at radius 2 is 2.41 bits per heavy atom. The molecule has 0 amide bonds. The van der Waals surface area contributed by atoms with Gasteiger partial charge in [0.05, 0.1) is 6.61 Å². The molecule has 17 heavy (non-hydrogen) atoms. The molecule has 96 valence electrons. The predicted octanol–water partition coefficient (Wildman–Crippen LogP) is 1.78. The molecule has 4 heteroatoms. The van der Waals surface area contributed by atoms with Crippen LogP contribution in [0.25, 0.3) is 0 Å². The van der Waals surface area contributed by atoms with E-state index in [0.29, 0.717) is 5.92 Å². The number of hydrogen-bond acceptors (Lipinski definition) is 3. The van der Waals surface area contributed by atoms with Gasteiger partial charge < -0.3 is 5.11 Å². The van der Waals surface area contributed by atoms with Crippen molar-refractivity contribution in [1.82, 2.24) is 15.1 Å². The second-order valence-corrected chi connectivity index (χ2v) is 5.59. The predicted molar refractivity (Wildman–Crippen MR) is 67.5 cm³/mol. The third-order valence-electron chi connectivity index (χ3n) is 3.74. The highest BCUT2D eigenvalue weighted by Crippen LogP contribution is 2.35. The number of aliphatic hydroxyl groups is 1. The molecular formula is C13H23N3O. The van der Waals surface area contributed by atoms with Crippen LogP contribution in [0.5, 0.6) is 0 Å². The summed E-state index contributed by atoms with van der Waals surface area (Å²) < 4.78 is 0. The SMILES string of the molecule is CC(C)C[C@]1(CO)CCCN1Cc1ccn[nH]1.